The van der Waals surface area contributed by atoms with Gasteiger partial charge in [-0.15, -0.1) is 0 Å². The molecule has 1 saturated carbocycles. The second-order valence-electron chi connectivity index (χ2n) is 7.62. The fourth-order valence-corrected chi connectivity index (χ4v) is 5.59. The summed E-state index contributed by atoms with van der Waals surface area (Å²) in [6.07, 6.45) is 5.58. The quantitative estimate of drug-likeness (QED) is 0.719. The molecular weight excluding hydrogens is 378 g/mol. The number of amides is 1. The van der Waals surface area contributed by atoms with Gasteiger partial charge in [0.15, 0.2) is 0 Å². The molecule has 1 heterocycles. The maximum Gasteiger partial charge on any atom is 0.282 e. The van der Waals surface area contributed by atoms with Crippen molar-refractivity contribution in [2.24, 2.45) is 0 Å². The van der Waals surface area contributed by atoms with Crippen LogP contribution in [0.5, 0.6) is 5.75 Å². The maximum absolute atomic E-state index is 12.9. The molecule has 1 amide bonds. The van der Waals surface area contributed by atoms with E-state index in [1.165, 1.54) is 10.7 Å². The van der Waals surface area contributed by atoms with Crippen molar-refractivity contribution in [2.75, 3.05) is 40.3 Å². The molecule has 156 valence electrons. The van der Waals surface area contributed by atoms with Gasteiger partial charge in [-0.2, -0.15) is 17.0 Å². The SMILES string of the molecule is COc1ccc(CC(=O)N2CCN(S(=O)(=O)N(C)C3CCCCC3)CC2)cc1. The highest BCUT2D eigenvalue weighted by molar-refractivity contribution is 7.86. The van der Waals surface area contributed by atoms with Crippen LogP contribution in [0.25, 0.3) is 0 Å². The van der Waals surface area contributed by atoms with Gasteiger partial charge in [-0.1, -0.05) is 31.4 Å². The molecule has 1 aliphatic carbocycles. The van der Waals surface area contributed by atoms with Crippen molar-refractivity contribution in [3.8, 4) is 5.75 Å². The standard InChI is InChI=1S/C20H31N3O4S/c1-21(18-6-4-3-5-7-18)28(25,26)23-14-12-22(13-15-23)20(24)16-17-8-10-19(27-2)11-9-17/h8-11,18H,3-7,12-16H2,1-2H3. The molecule has 8 heteroatoms. The molecule has 0 unspecified atom stereocenters. The molecule has 0 spiro atoms. The van der Waals surface area contributed by atoms with Crippen LogP contribution in [0.1, 0.15) is 37.7 Å². The van der Waals surface area contributed by atoms with E-state index >= 15 is 0 Å². The third-order valence-corrected chi connectivity index (χ3v) is 7.93. The first-order chi connectivity index (χ1) is 13.4. The second kappa shape index (κ2) is 9.24. The summed E-state index contributed by atoms with van der Waals surface area (Å²) in [5, 5.41) is 0. The van der Waals surface area contributed by atoms with Crippen molar-refractivity contribution in [3.63, 3.8) is 0 Å². The van der Waals surface area contributed by atoms with E-state index in [1.54, 1.807) is 23.4 Å². The summed E-state index contributed by atoms with van der Waals surface area (Å²) >= 11 is 0. The number of carbonyl (C=O) groups is 1. The van der Waals surface area contributed by atoms with Crippen molar-refractivity contribution < 1.29 is 17.9 Å². The molecule has 1 aromatic rings. The van der Waals surface area contributed by atoms with Crippen molar-refractivity contribution >= 4 is 16.1 Å². The maximum atomic E-state index is 12.9. The van der Waals surface area contributed by atoms with Gasteiger partial charge < -0.3 is 9.64 Å². The number of rotatable bonds is 6. The molecule has 0 aromatic heterocycles. The Morgan fingerprint density at radius 2 is 1.68 bits per heavy atom. The van der Waals surface area contributed by atoms with Crippen molar-refractivity contribution in [1.82, 2.24) is 13.5 Å². The number of hydrogen-bond donors (Lipinski definition) is 0. The predicted molar refractivity (Wildman–Crippen MR) is 108 cm³/mol. The van der Waals surface area contributed by atoms with Gasteiger partial charge in [0, 0.05) is 39.3 Å². The van der Waals surface area contributed by atoms with E-state index < -0.39 is 10.2 Å². The van der Waals surface area contributed by atoms with Crippen LogP contribution in [-0.2, 0) is 21.4 Å². The van der Waals surface area contributed by atoms with E-state index in [1.807, 2.05) is 24.3 Å². The fourth-order valence-electron chi connectivity index (χ4n) is 4.01. The summed E-state index contributed by atoms with van der Waals surface area (Å²) in [7, 11) is -0.151. The highest BCUT2D eigenvalue weighted by Gasteiger charge is 2.35. The lowest BCUT2D eigenvalue weighted by molar-refractivity contribution is -0.131. The van der Waals surface area contributed by atoms with Crippen LogP contribution in [0.2, 0.25) is 0 Å². The van der Waals surface area contributed by atoms with E-state index in [0.29, 0.717) is 32.6 Å². The number of hydrogen-bond acceptors (Lipinski definition) is 4. The second-order valence-corrected chi connectivity index (χ2v) is 9.61. The largest absolute Gasteiger partial charge is 0.497 e. The highest BCUT2D eigenvalue weighted by Crippen LogP contribution is 2.25. The van der Waals surface area contributed by atoms with Gasteiger partial charge >= 0.3 is 0 Å². The number of piperazine rings is 1. The smallest absolute Gasteiger partial charge is 0.282 e. The summed E-state index contributed by atoms with van der Waals surface area (Å²) in [5.74, 6) is 0.792. The minimum absolute atomic E-state index is 0.0304. The number of methoxy groups -OCH3 is 1. The summed E-state index contributed by atoms with van der Waals surface area (Å²) in [5.41, 5.74) is 0.929. The molecule has 28 heavy (non-hydrogen) atoms. The Morgan fingerprint density at radius 1 is 1.07 bits per heavy atom. The first-order valence-electron chi connectivity index (χ1n) is 10.1. The zero-order valence-electron chi connectivity index (χ0n) is 16.8. The molecule has 0 N–H and O–H groups in total. The molecule has 3 rings (SSSR count). The Hall–Kier alpha value is -1.64. The molecule has 7 nitrogen and oxygen atoms in total. The van der Waals surface area contributed by atoms with E-state index in [4.69, 9.17) is 4.74 Å². The van der Waals surface area contributed by atoms with Crippen LogP contribution in [0.4, 0.5) is 0 Å². The zero-order valence-corrected chi connectivity index (χ0v) is 17.7. The Kier molecular flexibility index (Phi) is 6.95. The zero-order chi connectivity index (χ0) is 20.1. The third-order valence-electron chi connectivity index (χ3n) is 5.88. The average molecular weight is 410 g/mol. The lowest BCUT2D eigenvalue weighted by atomic mass is 9.96. The van der Waals surface area contributed by atoms with Crippen LogP contribution >= 0.6 is 0 Å². The van der Waals surface area contributed by atoms with Crippen molar-refractivity contribution in [3.05, 3.63) is 29.8 Å². The fraction of sp³-hybridized carbons (Fsp3) is 0.650. The van der Waals surface area contributed by atoms with E-state index in [-0.39, 0.29) is 11.9 Å². The first kappa shape index (κ1) is 21.1. The molecule has 2 fully saturated rings. The molecule has 0 radical (unpaired) electrons. The number of ether oxygens (including phenoxy) is 1. The molecule has 2 aliphatic rings. The summed E-state index contributed by atoms with van der Waals surface area (Å²) in [6.45, 7) is 1.58. The van der Waals surface area contributed by atoms with Gasteiger partial charge in [0.25, 0.3) is 10.2 Å². The van der Waals surface area contributed by atoms with Gasteiger partial charge in [-0.3, -0.25) is 4.79 Å². The van der Waals surface area contributed by atoms with Crippen molar-refractivity contribution in [1.29, 1.82) is 0 Å². The minimum Gasteiger partial charge on any atom is -0.497 e. The van der Waals surface area contributed by atoms with Gasteiger partial charge in [0.2, 0.25) is 5.91 Å². The van der Waals surface area contributed by atoms with Crippen LogP contribution in [-0.4, -0.2) is 74.2 Å². The summed E-state index contributed by atoms with van der Waals surface area (Å²) < 4.78 is 34.1. The van der Waals surface area contributed by atoms with Crippen LogP contribution in [0.15, 0.2) is 24.3 Å². The van der Waals surface area contributed by atoms with E-state index in [9.17, 15) is 13.2 Å². The Bertz CT molecular complexity index is 752. The minimum atomic E-state index is -3.46. The lowest BCUT2D eigenvalue weighted by Gasteiger charge is -2.38. The third kappa shape index (κ3) is 4.85. The number of benzene rings is 1. The Morgan fingerprint density at radius 3 is 2.25 bits per heavy atom. The highest BCUT2D eigenvalue weighted by atomic mass is 32.2. The van der Waals surface area contributed by atoms with Gasteiger partial charge in [0.1, 0.15) is 5.75 Å². The number of nitrogens with zero attached hydrogens (tertiary/aromatic N) is 3. The predicted octanol–water partition coefficient (Wildman–Crippen LogP) is 1.89. The van der Waals surface area contributed by atoms with Crippen LogP contribution in [0, 0.1) is 0 Å². The summed E-state index contributed by atoms with van der Waals surface area (Å²) in [6, 6.07) is 7.56. The Labute approximate surface area is 168 Å². The molecule has 1 aliphatic heterocycles. The van der Waals surface area contributed by atoms with Gasteiger partial charge in [-0.05, 0) is 30.5 Å². The van der Waals surface area contributed by atoms with Crippen molar-refractivity contribution in [2.45, 2.75) is 44.6 Å². The Balaban J connectivity index is 1.53. The van der Waals surface area contributed by atoms with Crippen LogP contribution < -0.4 is 4.74 Å². The van der Waals surface area contributed by atoms with E-state index in [2.05, 4.69) is 0 Å². The summed E-state index contributed by atoms with van der Waals surface area (Å²) in [4.78, 5) is 14.3. The van der Waals surface area contributed by atoms with E-state index in [0.717, 1.165) is 37.0 Å². The molecule has 0 atom stereocenters. The topological polar surface area (TPSA) is 70.2 Å². The average Bonchev–Trinajstić information content (AvgIpc) is 2.74. The normalized spacial score (nSPS) is 19.8. The van der Waals surface area contributed by atoms with Gasteiger partial charge in [-0.25, -0.2) is 0 Å². The lowest BCUT2D eigenvalue weighted by Crippen LogP contribution is -2.55. The molecular formula is C20H31N3O4S. The molecule has 0 bridgehead atoms. The molecule has 1 aromatic carbocycles. The number of carbonyl (C=O) groups excluding carboxylic acids is 1. The monoisotopic (exact) mass is 409 g/mol. The molecule has 1 saturated heterocycles. The van der Waals surface area contributed by atoms with Crippen LogP contribution in [0.3, 0.4) is 0 Å². The first-order valence-corrected chi connectivity index (χ1v) is 11.5. The van der Waals surface area contributed by atoms with Gasteiger partial charge in [0.05, 0.1) is 13.5 Å².